The van der Waals surface area contributed by atoms with Crippen molar-refractivity contribution in [1.29, 1.82) is 0 Å². The fraction of sp³-hybridized carbons (Fsp3) is 0.462. The normalized spacial score (nSPS) is 15.1. The first-order chi connectivity index (χ1) is 8.56. The van der Waals surface area contributed by atoms with E-state index in [1.807, 2.05) is 19.9 Å². The van der Waals surface area contributed by atoms with Crippen LogP contribution in [0, 0.1) is 13.8 Å². The summed E-state index contributed by atoms with van der Waals surface area (Å²) in [6.07, 6.45) is -4.86. The van der Waals surface area contributed by atoms with E-state index >= 15 is 0 Å². The summed E-state index contributed by atoms with van der Waals surface area (Å²) < 4.78 is 38.3. The summed E-state index contributed by atoms with van der Waals surface area (Å²) in [4.78, 5) is 10.8. The summed E-state index contributed by atoms with van der Waals surface area (Å²) in [6.45, 7) is 4.12. The van der Waals surface area contributed by atoms with Crippen LogP contribution >= 0.6 is 0 Å². The number of benzene rings is 1. The number of alkyl halides is 3. The lowest BCUT2D eigenvalue weighted by molar-refractivity contribution is -0.206. The molecule has 0 heterocycles. The van der Waals surface area contributed by atoms with Gasteiger partial charge in [0.25, 0.3) is 0 Å². The summed E-state index contributed by atoms with van der Waals surface area (Å²) in [6, 6.07) is 5.33. The predicted octanol–water partition coefficient (Wildman–Crippen LogP) is 2.80. The minimum atomic E-state index is -4.86. The van der Waals surface area contributed by atoms with Gasteiger partial charge in [-0.1, -0.05) is 29.3 Å². The van der Waals surface area contributed by atoms with Crippen molar-refractivity contribution in [3.8, 4) is 0 Å². The van der Waals surface area contributed by atoms with E-state index in [1.165, 1.54) is 0 Å². The van der Waals surface area contributed by atoms with Crippen LogP contribution in [0.25, 0.3) is 0 Å². The highest BCUT2D eigenvalue weighted by Crippen LogP contribution is 2.30. The molecular formula is C13H16F3NO2. The molecule has 0 amide bonds. The van der Waals surface area contributed by atoms with E-state index in [1.54, 1.807) is 12.1 Å². The van der Waals surface area contributed by atoms with E-state index < -0.39 is 17.7 Å². The SMILES string of the molecule is Cc1cc(C)cc(CNC(C)(C(=O)O)C(F)(F)F)c1. The van der Waals surface area contributed by atoms with Gasteiger partial charge in [-0.2, -0.15) is 13.2 Å². The monoisotopic (exact) mass is 275 g/mol. The molecule has 1 unspecified atom stereocenters. The highest BCUT2D eigenvalue weighted by molar-refractivity contribution is 5.79. The van der Waals surface area contributed by atoms with Gasteiger partial charge in [-0.3, -0.25) is 5.32 Å². The zero-order chi connectivity index (χ0) is 14.8. The predicted molar refractivity (Wildman–Crippen MR) is 64.9 cm³/mol. The van der Waals surface area contributed by atoms with Crippen molar-refractivity contribution in [3.05, 3.63) is 34.9 Å². The Labute approximate surface area is 109 Å². The van der Waals surface area contributed by atoms with Crippen LogP contribution in [0.4, 0.5) is 13.2 Å². The van der Waals surface area contributed by atoms with Gasteiger partial charge in [0.05, 0.1) is 0 Å². The molecule has 0 aromatic heterocycles. The Balaban J connectivity index is 2.92. The van der Waals surface area contributed by atoms with Crippen molar-refractivity contribution < 1.29 is 23.1 Å². The lowest BCUT2D eigenvalue weighted by Gasteiger charge is -2.28. The maximum Gasteiger partial charge on any atom is 0.417 e. The van der Waals surface area contributed by atoms with E-state index in [4.69, 9.17) is 5.11 Å². The molecule has 2 N–H and O–H groups in total. The lowest BCUT2D eigenvalue weighted by atomic mass is 10.0. The van der Waals surface area contributed by atoms with Crippen LogP contribution in [0.15, 0.2) is 18.2 Å². The molecule has 19 heavy (non-hydrogen) atoms. The number of carbonyl (C=O) groups is 1. The minimum Gasteiger partial charge on any atom is -0.480 e. The zero-order valence-corrected chi connectivity index (χ0v) is 10.9. The Hall–Kier alpha value is -1.56. The number of nitrogens with one attached hydrogen (secondary N) is 1. The largest absolute Gasteiger partial charge is 0.480 e. The molecule has 0 saturated carbocycles. The summed E-state index contributed by atoms with van der Waals surface area (Å²) in [5.41, 5.74) is -0.499. The summed E-state index contributed by atoms with van der Waals surface area (Å²) in [5.74, 6) is -1.94. The van der Waals surface area contributed by atoms with E-state index in [0.717, 1.165) is 11.1 Å². The molecule has 0 aliphatic carbocycles. The highest BCUT2D eigenvalue weighted by Gasteiger charge is 2.57. The van der Waals surface area contributed by atoms with Crippen LogP contribution in [0.5, 0.6) is 0 Å². The Morgan fingerprint density at radius 1 is 1.21 bits per heavy atom. The van der Waals surface area contributed by atoms with Gasteiger partial charge in [-0.25, -0.2) is 4.79 Å². The summed E-state index contributed by atoms with van der Waals surface area (Å²) in [5, 5.41) is 10.9. The van der Waals surface area contributed by atoms with Gasteiger partial charge in [-0.15, -0.1) is 0 Å². The lowest BCUT2D eigenvalue weighted by Crippen LogP contribution is -2.59. The second kappa shape index (κ2) is 5.21. The average Bonchev–Trinajstić information content (AvgIpc) is 2.22. The van der Waals surface area contributed by atoms with Gasteiger partial charge in [0, 0.05) is 6.54 Å². The van der Waals surface area contributed by atoms with Gasteiger partial charge in [0.1, 0.15) is 0 Å². The summed E-state index contributed by atoms with van der Waals surface area (Å²) in [7, 11) is 0. The molecule has 1 rings (SSSR count). The minimum absolute atomic E-state index is 0.162. The molecule has 0 spiro atoms. The maximum atomic E-state index is 12.8. The summed E-state index contributed by atoms with van der Waals surface area (Å²) >= 11 is 0. The zero-order valence-electron chi connectivity index (χ0n) is 10.9. The van der Waals surface area contributed by atoms with Crippen molar-refractivity contribution in [2.75, 3.05) is 0 Å². The molecule has 0 bridgehead atoms. The average molecular weight is 275 g/mol. The Kier molecular flexibility index (Phi) is 4.25. The third-order valence-electron chi connectivity index (χ3n) is 2.92. The third kappa shape index (κ3) is 3.47. The fourth-order valence-corrected chi connectivity index (χ4v) is 1.75. The molecule has 1 atom stereocenters. The molecule has 106 valence electrons. The van der Waals surface area contributed by atoms with E-state index in [-0.39, 0.29) is 6.54 Å². The molecular weight excluding hydrogens is 259 g/mol. The molecule has 0 saturated heterocycles. The van der Waals surface area contributed by atoms with E-state index in [0.29, 0.717) is 12.5 Å². The first-order valence-electron chi connectivity index (χ1n) is 5.68. The number of aliphatic carboxylic acids is 1. The number of carboxylic acids is 1. The molecule has 0 aliphatic heterocycles. The third-order valence-corrected chi connectivity index (χ3v) is 2.92. The first kappa shape index (κ1) is 15.5. The topological polar surface area (TPSA) is 49.3 Å². The number of hydrogen-bond acceptors (Lipinski definition) is 2. The van der Waals surface area contributed by atoms with Crippen LogP contribution in [0.2, 0.25) is 0 Å². The molecule has 1 aromatic carbocycles. The number of rotatable bonds is 4. The first-order valence-corrected chi connectivity index (χ1v) is 5.68. The van der Waals surface area contributed by atoms with Crippen LogP contribution in [-0.4, -0.2) is 22.8 Å². The smallest absolute Gasteiger partial charge is 0.417 e. The van der Waals surface area contributed by atoms with Gasteiger partial charge in [-0.05, 0) is 26.3 Å². The van der Waals surface area contributed by atoms with Crippen LogP contribution < -0.4 is 5.32 Å². The standard InChI is InChI=1S/C13H16F3NO2/c1-8-4-9(2)6-10(5-8)7-17-12(3,11(18)19)13(14,15)16/h4-6,17H,7H2,1-3H3,(H,18,19). The number of aryl methyl sites for hydroxylation is 2. The second-order valence-electron chi connectivity index (χ2n) is 4.78. The Morgan fingerprint density at radius 3 is 2.05 bits per heavy atom. The Morgan fingerprint density at radius 2 is 1.68 bits per heavy atom. The van der Waals surface area contributed by atoms with Crippen molar-refractivity contribution in [2.45, 2.75) is 39.0 Å². The van der Waals surface area contributed by atoms with Crippen molar-refractivity contribution >= 4 is 5.97 Å². The van der Waals surface area contributed by atoms with Crippen molar-refractivity contribution in [3.63, 3.8) is 0 Å². The van der Waals surface area contributed by atoms with Gasteiger partial charge >= 0.3 is 12.1 Å². The maximum absolute atomic E-state index is 12.8. The molecule has 6 heteroatoms. The second-order valence-corrected chi connectivity index (χ2v) is 4.78. The fourth-order valence-electron chi connectivity index (χ4n) is 1.75. The van der Waals surface area contributed by atoms with Gasteiger partial charge < -0.3 is 5.11 Å². The van der Waals surface area contributed by atoms with E-state index in [9.17, 15) is 18.0 Å². The van der Waals surface area contributed by atoms with Crippen LogP contribution in [0.1, 0.15) is 23.6 Å². The molecule has 0 radical (unpaired) electrons. The van der Waals surface area contributed by atoms with Crippen LogP contribution in [0.3, 0.4) is 0 Å². The molecule has 0 aliphatic rings. The quantitative estimate of drug-likeness (QED) is 0.888. The number of hydrogen-bond donors (Lipinski definition) is 2. The number of carboxylic acid groups (broad SMARTS) is 1. The molecule has 0 fully saturated rings. The van der Waals surface area contributed by atoms with Crippen molar-refractivity contribution in [1.82, 2.24) is 5.32 Å². The molecule has 1 aromatic rings. The highest BCUT2D eigenvalue weighted by atomic mass is 19.4. The van der Waals surface area contributed by atoms with Gasteiger partial charge in [0.2, 0.25) is 5.54 Å². The van der Waals surface area contributed by atoms with Crippen LogP contribution in [-0.2, 0) is 11.3 Å². The van der Waals surface area contributed by atoms with Gasteiger partial charge in [0.15, 0.2) is 0 Å². The van der Waals surface area contributed by atoms with E-state index in [2.05, 4.69) is 5.32 Å². The Bertz CT molecular complexity index is 465. The molecule has 3 nitrogen and oxygen atoms in total. The van der Waals surface area contributed by atoms with Crippen molar-refractivity contribution in [2.24, 2.45) is 0 Å². The number of halogens is 3.